The third-order valence-electron chi connectivity index (χ3n) is 2.22. The first-order chi connectivity index (χ1) is 8.49. The van der Waals surface area contributed by atoms with Crippen LogP contribution in [0.15, 0.2) is 18.2 Å². The van der Waals surface area contributed by atoms with Crippen molar-refractivity contribution in [3.05, 3.63) is 29.0 Å². The highest BCUT2D eigenvalue weighted by atomic mass is 35.5. The van der Waals surface area contributed by atoms with Gasteiger partial charge in [0.25, 0.3) is 0 Å². The molecule has 0 heterocycles. The van der Waals surface area contributed by atoms with E-state index in [0.717, 1.165) is 0 Å². The summed E-state index contributed by atoms with van der Waals surface area (Å²) in [5.41, 5.74) is 0.472. The molecule has 1 atom stereocenters. The zero-order valence-corrected chi connectivity index (χ0v) is 11.4. The van der Waals surface area contributed by atoms with Crippen molar-refractivity contribution in [3.8, 4) is 0 Å². The van der Waals surface area contributed by atoms with Gasteiger partial charge in [-0.3, -0.25) is 0 Å². The third kappa shape index (κ3) is 5.67. The number of anilines is 1. The van der Waals surface area contributed by atoms with E-state index in [1.165, 1.54) is 18.2 Å². The van der Waals surface area contributed by atoms with Gasteiger partial charge in [0.2, 0.25) is 0 Å². The molecule has 0 bridgehead atoms. The summed E-state index contributed by atoms with van der Waals surface area (Å²) in [4.78, 5) is 0. The molecule has 1 rings (SSSR count). The lowest BCUT2D eigenvalue weighted by molar-refractivity contribution is 0.0318. The Morgan fingerprint density at radius 1 is 1.39 bits per heavy atom. The van der Waals surface area contributed by atoms with E-state index >= 15 is 0 Å². The fraction of sp³-hybridized carbons (Fsp3) is 0.538. The quantitative estimate of drug-likeness (QED) is 0.804. The van der Waals surface area contributed by atoms with Crippen molar-refractivity contribution in [3.63, 3.8) is 0 Å². The van der Waals surface area contributed by atoms with E-state index in [9.17, 15) is 9.50 Å². The zero-order valence-electron chi connectivity index (χ0n) is 10.6. The maximum atomic E-state index is 13.0. The van der Waals surface area contributed by atoms with Crippen LogP contribution in [0.25, 0.3) is 0 Å². The van der Waals surface area contributed by atoms with Crippen LogP contribution in [-0.2, 0) is 4.74 Å². The molecule has 1 aromatic rings. The van der Waals surface area contributed by atoms with E-state index in [-0.39, 0.29) is 19.0 Å². The Kier molecular flexibility index (Phi) is 6.39. The van der Waals surface area contributed by atoms with Crippen LogP contribution in [0.5, 0.6) is 0 Å². The molecule has 102 valence electrons. The maximum absolute atomic E-state index is 13.0. The molecule has 2 N–H and O–H groups in total. The van der Waals surface area contributed by atoms with Crippen LogP contribution in [-0.4, -0.2) is 31.0 Å². The first-order valence-electron chi connectivity index (χ1n) is 5.93. The van der Waals surface area contributed by atoms with Gasteiger partial charge >= 0.3 is 0 Å². The van der Waals surface area contributed by atoms with Crippen LogP contribution in [0, 0.1) is 11.7 Å². The minimum absolute atomic E-state index is 0.248. The van der Waals surface area contributed by atoms with E-state index in [1.54, 1.807) is 0 Å². The normalized spacial score (nSPS) is 12.8. The summed E-state index contributed by atoms with van der Waals surface area (Å²) in [6, 6.07) is 4.06. The first-order valence-corrected chi connectivity index (χ1v) is 6.31. The Balaban J connectivity index is 2.33. The molecule has 0 aromatic heterocycles. The van der Waals surface area contributed by atoms with E-state index in [0.29, 0.717) is 23.2 Å². The summed E-state index contributed by atoms with van der Waals surface area (Å²) in [5.74, 6) is 0.0651. The Morgan fingerprint density at radius 2 is 2.11 bits per heavy atom. The van der Waals surface area contributed by atoms with E-state index in [4.69, 9.17) is 16.3 Å². The SMILES string of the molecule is CC(C)COCC(O)CNc1cc(F)ccc1Cl. The lowest BCUT2D eigenvalue weighted by atomic mass is 10.2. The molecule has 0 radical (unpaired) electrons. The molecular weight excluding hydrogens is 257 g/mol. The van der Waals surface area contributed by atoms with Crippen LogP contribution in [0.1, 0.15) is 13.8 Å². The Labute approximate surface area is 112 Å². The van der Waals surface area contributed by atoms with Crippen LogP contribution < -0.4 is 5.32 Å². The van der Waals surface area contributed by atoms with Crippen LogP contribution >= 0.6 is 11.6 Å². The van der Waals surface area contributed by atoms with Crippen molar-refractivity contribution >= 4 is 17.3 Å². The topological polar surface area (TPSA) is 41.5 Å². The predicted octanol–water partition coefficient (Wildman–Crippen LogP) is 2.92. The van der Waals surface area contributed by atoms with Gasteiger partial charge < -0.3 is 15.2 Å². The minimum Gasteiger partial charge on any atom is -0.389 e. The molecule has 0 spiro atoms. The number of rotatable bonds is 7. The monoisotopic (exact) mass is 275 g/mol. The van der Waals surface area contributed by atoms with Crippen molar-refractivity contribution in [1.82, 2.24) is 0 Å². The zero-order chi connectivity index (χ0) is 13.5. The molecule has 0 aliphatic rings. The Morgan fingerprint density at radius 3 is 2.78 bits per heavy atom. The highest BCUT2D eigenvalue weighted by Crippen LogP contribution is 2.22. The number of nitrogens with one attached hydrogen (secondary N) is 1. The second-order valence-corrected chi connectivity index (χ2v) is 5.00. The summed E-state index contributed by atoms with van der Waals surface area (Å²) in [7, 11) is 0. The second-order valence-electron chi connectivity index (χ2n) is 4.59. The van der Waals surface area contributed by atoms with E-state index in [1.807, 2.05) is 13.8 Å². The highest BCUT2D eigenvalue weighted by Gasteiger charge is 2.07. The van der Waals surface area contributed by atoms with Gasteiger partial charge in [-0.15, -0.1) is 0 Å². The average Bonchev–Trinajstić information content (AvgIpc) is 2.30. The number of ether oxygens (including phenoxy) is 1. The molecule has 18 heavy (non-hydrogen) atoms. The van der Waals surface area contributed by atoms with Crippen LogP contribution in [0.4, 0.5) is 10.1 Å². The van der Waals surface area contributed by atoms with Gasteiger partial charge in [0.05, 0.1) is 23.4 Å². The van der Waals surface area contributed by atoms with Crippen molar-refractivity contribution in [2.24, 2.45) is 5.92 Å². The molecule has 1 aromatic carbocycles. The second kappa shape index (κ2) is 7.56. The van der Waals surface area contributed by atoms with Gasteiger partial charge in [-0.2, -0.15) is 0 Å². The molecule has 0 fully saturated rings. The molecule has 0 aliphatic heterocycles. The van der Waals surface area contributed by atoms with Crippen LogP contribution in [0.2, 0.25) is 5.02 Å². The average molecular weight is 276 g/mol. The van der Waals surface area contributed by atoms with E-state index < -0.39 is 6.10 Å². The summed E-state index contributed by atoms with van der Waals surface area (Å²) in [6.45, 7) is 5.20. The van der Waals surface area contributed by atoms with Gasteiger partial charge in [-0.25, -0.2) is 4.39 Å². The third-order valence-corrected chi connectivity index (χ3v) is 2.55. The summed E-state index contributed by atoms with van der Waals surface area (Å²) in [6.07, 6.45) is -0.650. The molecule has 0 saturated carbocycles. The van der Waals surface area contributed by atoms with Crippen molar-refractivity contribution in [2.45, 2.75) is 20.0 Å². The summed E-state index contributed by atoms with van der Waals surface area (Å²) in [5, 5.41) is 13.0. The number of benzene rings is 1. The number of hydrogen-bond donors (Lipinski definition) is 2. The number of aliphatic hydroxyl groups excluding tert-OH is 1. The predicted molar refractivity (Wildman–Crippen MR) is 71.6 cm³/mol. The number of hydrogen-bond acceptors (Lipinski definition) is 3. The Bertz CT molecular complexity index is 374. The molecule has 3 nitrogen and oxygen atoms in total. The van der Waals surface area contributed by atoms with E-state index in [2.05, 4.69) is 5.32 Å². The molecule has 5 heteroatoms. The highest BCUT2D eigenvalue weighted by molar-refractivity contribution is 6.33. The lowest BCUT2D eigenvalue weighted by Gasteiger charge is -2.15. The van der Waals surface area contributed by atoms with Gasteiger partial charge in [0.15, 0.2) is 0 Å². The van der Waals surface area contributed by atoms with Gasteiger partial charge in [0.1, 0.15) is 5.82 Å². The van der Waals surface area contributed by atoms with Crippen molar-refractivity contribution < 1.29 is 14.2 Å². The fourth-order valence-electron chi connectivity index (χ4n) is 1.36. The molecule has 1 unspecified atom stereocenters. The summed E-state index contributed by atoms with van der Waals surface area (Å²) >= 11 is 5.88. The largest absolute Gasteiger partial charge is 0.389 e. The Hall–Kier alpha value is -0.840. The van der Waals surface area contributed by atoms with Crippen LogP contribution in [0.3, 0.4) is 0 Å². The molecule has 0 amide bonds. The maximum Gasteiger partial charge on any atom is 0.125 e. The van der Waals surface area contributed by atoms with Gasteiger partial charge in [0, 0.05) is 13.2 Å². The minimum atomic E-state index is -0.650. The first kappa shape index (κ1) is 15.2. The number of aliphatic hydroxyl groups is 1. The fourth-order valence-corrected chi connectivity index (χ4v) is 1.54. The van der Waals surface area contributed by atoms with Crippen molar-refractivity contribution in [2.75, 3.05) is 25.1 Å². The number of halogens is 2. The van der Waals surface area contributed by atoms with Crippen molar-refractivity contribution in [1.29, 1.82) is 0 Å². The smallest absolute Gasteiger partial charge is 0.125 e. The molecule has 0 aliphatic carbocycles. The standard InChI is InChI=1S/C13H19ClFNO2/c1-9(2)7-18-8-11(17)6-16-13-5-10(15)3-4-12(13)14/h3-5,9,11,16-17H,6-8H2,1-2H3. The van der Waals surface area contributed by atoms with Gasteiger partial charge in [-0.05, 0) is 24.1 Å². The molecule has 0 saturated heterocycles. The van der Waals surface area contributed by atoms with Gasteiger partial charge in [-0.1, -0.05) is 25.4 Å². The molecular formula is C13H19ClFNO2. The summed E-state index contributed by atoms with van der Waals surface area (Å²) < 4.78 is 18.3. The lowest BCUT2D eigenvalue weighted by Crippen LogP contribution is -2.25.